The van der Waals surface area contributed by atoms with Crippen LogP contribution >= 0.6 is 0 Å². The molecule has 1 aliphatic rings. The summed E-state index contributed by atoms with van der Waals surface area (Å²) in [5, 5.41) is 0. The third kappa shape index (κ3) is 2.66. The van der Waals surface area contributed by atoms with Gasteiger partial charge in [-0.2, -0.15) is 0 Å². The van der Waals surface area contributed by atoms with Crippen LogP contribution in [0.4, 0.5) is 0 Å². The molecule has 3 heteroatoms. The van der Waals surface area contributed by atoms with Crippen molar-refractivity contribution >= 4 is 5.97 Å². The van der Waals surface area contributed by atoms with Gasteiger partial charge >= 0.3 is 5.97 Å². The highest BCUT2D eigenvalue weighted by Gasteiger charge is 2.78. The molecule has 0 bridgehead atoms. The number of ether oxygens (including phenoxy) is 2. The summed E-state index contributed by atoms with van der Waals surface area (Å²) in [5.74, 6) is -0.344. The topological polar surface area (TPSA) is 38.8 Å². The smallest absolute Gasteiger partial charge is 0.347 e. The van der Waals surface area contributed by atoms with Crippen LogP contribution in [0.1, 0.15) is 30.0 Å². The van der Waals surface area contributed by atoms with Crippen LogP contribution in [-0.4, -0.2) is 12.6 Å². The largest absolute Gasteiger partial charge is 0.463 e. The molecule has 0 spiro atoms. The lowest BCUT2D eigenvalue weighted by atomic mass is 9.77. The van der Waals surface area contributed by atoms with E-state index in [-0.39, 0.29) is 5.97 Å². The van der Waals surface area contributed by atoms with Crippen LogP contribution in [0.25, 0.3) is 0 Å². The predicted molar refractivity (Wildman–Crippen MR) is 104 cm³/mol. The van der Waals surface area contributed by atoms with Gasteiger partial charge < -0.3 is 9.47 Å². The Hall–Kier alpha value is -2.91. The Morgan fingerprint density at radius 1 is 0.778 bits per heavy atom. The molecule has 0 N–H and O–H groups in total. The fourth-order valence-corrected chi connectivity index (χ4v) is 3.78. The second kappa shape index (κ2) is 7.01. The molecule has 0 aliphatic carbocycles. The molecule has 1 saturated heterocycles. The Kier molecular flexibility index (Phi) is 4.54. The number of esters is 1. The monoisotopic (exact) mass is 358 g/mol. The first-order valence-corrected chi connectivity index (χ1v) is 9.29. The minimum absolute atomic E-state index is 0.344. The first-order valence-electron chi connectivity index (χ1n) is 9.29. The van der Waals surface area contributed by atoms with Crippen molar-refractivity contribution in [1.29, 1.82) is 0 Å². The van der Waals surface area contributed by atoms with Crippen molar-refractivity contribution in [2.24, 2.45) is 0 Å². The van der Waals surface area contributed by atoms with E-state index in [1.165, 1.54) is 0 Å². The lowest BCUT2D eigenvalue weighted by Crippen LogP contribution is -2.33. The highest BCUT2D eigenvalue weighted by molar-refractivity contribution is 5.89. The lowest BCUT2D eigenvalue weighted by Gasteiger charge is -2.21. The molecule has 3 aromatic carbocycles. The third-order valence-corrected chi connectivity index (χ3v) is 5.03. The zero-order chi connectivity index (χ0) is 18.7. The fraction of sp³-hybridized carbons (Fsp3) is 0.208. The van der Waals surface area contributed by atoms with Crippen molar-refractivity contribution in [1.82, 2.24) is 0 Å². The first kappa shape index (κ1) is 17.5. The van der Waals surface area contributed by atoms with Crippen molar-refractivity contribution in [2.75, 3.05) is 6.61 Å². The van der Waals surface area contributed by atoms with Gasteiger partial charge in [0.25, 0.3) is 0 Å². The van der Waals surface area contributed by atoms with E-state index in [9.17, 15) is 4.79 Å². The summed E-state index contributed by atoms with van der Waals surface area (Å²) in [7, 11) is 0. The Labute approximate surface area is 159 Å². The lowest BCUT2D eigenvalue weighted by molar-refractivity contribution is -0.150. The standard InChI is InChI=1S/C24H22O3/c1-2-18-26-22(25)24(21-16-10-5-11-17-21)23(27-24,19-12-6-3-7-13-19)20-14-8-4-9-15-20/h3-17H,2,18H2,1H3. The summed E-state index contributed by atoms with van der Waals surface area (Å²) in [4.78, 5) is 13.3. The van der Waals surface area contributed by atoms with Gasteiger partial charge in [0.1, 0.15) is 0 Å². The maximum atomic E-state index is 13.3. The van der Waals surface area contributed by atoms with E-state index in [2.05, 4.69) is 0 Å². The van der Waals surface area contributed by atoms with Crippen LogP contribution in [0.15, 0.2) is 91.0 Å². The molecule has 0 amide bonds. The quantitative estimate of drug-likeness (QED) is 0.469. The zero-order valence-corrected chi connectivity index (χ0v) is 15.3. The molecular formula is C24H22O3. The van der Waals surface area contributed by atoms with Crippen LogP contribution in [-0.2, 0) is 25.5 Å². The van der Waals surface area contributed by atoms with Crippen molar-refractivity contribution in [3.63, 3.8) is 0 Å². The van der Waals surface area contributed by atoms with E-state index >= 15 is 0 Å². The number of hydrogen-bond donors (Lipinski definition) is 0. The van der Waals surface area contributed by atoms with E-state index in [0.29, 0.717) is 6.61 Å². The molecular weight excluding hydrogens is 336 g/mol. The number of hydrogen-bond acceptors (Lipinski definition) is 3. The number of benzene rings is 3. The average Bonchev–Trinajstić information content (AvgIpc) is 3.47. The summed E-state index contributed by atoms with van der Waals surface area (Å²) in [6, 6.07) is 29.5. The van der Waals surface area contributed by atoms with Crippen LogP contribution in [0.5, 0.6) is 0 Å². The molecule has 1 atom stereocenters. The highest BCUT2D eigenvalue weighted by atomic mass is 16.7. The highest BCUT2D eigenvalue weighted by Crippen LogP contribution is 2.66. The van der Waals surface area contributed by atoms with E-state index in [0.717, 1.165) is 23.1 Å². The van der Waals surface area contributed by atoms with E-state index < -0.39 is 11.2 Å². The first-order chi connectivity index (χ1) is 13.3. The van der Waals surface area contributed by atoms with Gasteiger partial charge in [0.2, 0.25) is 5.60 Å². The Balaban J connectivity index is 1.92. The molecule has 0 radical (unpaired) electrons. The minimum Gasteiger partial charge on any atom is -0.463 e. The van der Waals surface area contributed by atoms with Crippen LogP contribution in [0.2, 0.25) is 0 Å². The predicted octanol–water partition coefficient (Wildman–Crippen LogP) is 4.81. The molecule has 3 aromatic rings. The van der Waals surface area contributed by atoms with Gasteiger partial charge in [-0.25, -0.2) is 4.79 Å². The van der Waals surface area contributed by atoms with Gasteiger partial charge in [-0.05, 0) is 23.1 Å². The minimum atomic E-state index is -1.19. The summed E-state index contributed by atoms with van der Waals surface area (Å²) >= 11 is 0. The molecule has 136 valence electrons. The normalized spacial score (nSPS) is 20.0. The summed E-state index contributed by atoms with van der Waals surface area (Å²) in [6.45, 7) is 2.36. The summed E-state index contributed by atoms with van der Waals surface area (Å²) in [5.41, 5.74) is 0.592. The SMILES string of the molecule is CCCOC(=O)C1(c2ccccc2)OC1(c1ccccc1)c1ccccc1. The third-order valence-electron chi connectivity index (χ3n) is 5.03. The van der Waals surface area contributed by atoms with Gasteiger partial charge in [-0.3, -0.25) is 0 Å². The maximum absolute atomic E-state index is 13.3. The zero-order valence-electron chi connectivity index (χ0n) is 15.3. The number of rotatable bonds is 6. The second-order valence-corrected chi connectivity index (χ2v) is 6.70. The van der Waals surface area contributed by atoms with Crippen molar-refractivity contribution in [2.45, 2.75) is 24.5 Å². The van der Waals surface area contributed by atoms with Gasteiger partial charge in [0, 0.05) is 0 Å². The van der Waals surface area contributed by atoms with E-state index in [1.54, 1.807) is 0 Å². The molecule has 3 nitrogen and oxygen atoms in total. The second-order valence-electron chi connectivity index (χ2n) is 6.70. The molecule has 0 aromatic heterocycles. The van der Waals surface area contributed by atoms with Gasteiger partial charge in [-0.15, -0.1) is 0 Å². The summed E-state index contributed by atoms with van der Waals surface area (Å²) < 4.78 is 12.0. The number of carbonyl (C=O) groups excluding carboxylic acids is 1. The fourth-order valence-electron chi connectivity index (χ4n) is 3.78. The van der Waals surface area contributed by atoms with Crippen LogP contribution < -0.4 is 0 Å². The molecule has 1 fully saturated rings. The Morgan fingerprint density at radius 3 is 1.67 bits per heavy atom. The van der Waals surface area contributed by atoms with Crippen molar-refractivity contribution in [3.05, 3.63) is 108 Å². The molecule has 0 saturated carbocycles. The van der Waals surface area contributed by atoms with Gasteiger partial charge in [0.05, 0.1) is 6.61 Å². The average molecular weight is 358 g/mol. The molecule has 1 heterocycles. The summed E-state index contributed by atoms with van der Waals surface area (Å²) in [6.07, 6.45) is 0.764. The van der Waals surface area contributed by atoms with E-state index in [1.807, 2.05) is 97.9 Å². The van der Waals surface area contributed by atoms with Gasteiger partial charge in [-0.1, -0.05) is 97.9 Å². The number of epoxide rings is 1. The molecule has 1 aliphatic heterocycles. The maximum Gasteiger partial charge on any atom is 0.347 e. The Bertz CT molecular complexity index is 867. The van der Waals surface area contributed by atoms with Crippen LogP contribution in [0, 0.1) is 0 Å². The van der Waals surface area contributed by atoms with Crippen molar-refractivity contribution in [3.8, 4) is 0 Å². The van der Waals surface area contributed by atoms with Gasteiger partial charge in [0.15, 0.2) is 5.60 Å². The Morgan fingerprint density at radius 2 is 1.22 bits per heavy atom. The molecule has 27 heavy (non-hydrogen) atoms. The van der Waals surface area contributed by atoms with Crippen molar-refractivity contribution < 1.29 is 14.3 Å². The molecule has 4 rings (SSSR count). The molecule has 1 unspecified atom stereocenters. The van der Waals surface area contributed by atoms with E-state index in [4.69, 9.17) is 9.47 Å². The number of carbonyl (C=O) groups is 1. The van der Waals surface area contributed by atoms with Crippen LogP contribution in [0.3, 0.4) is 0 Å².